The fraction of sp³-hybridized carbons (Fsp3) is 0.571. The van der Waals surface area contributed by atoms with Crippen LogP contribution in [0.5, 0.6) is 0 Å². The van der Waals surface area contributed by atoms with Crippen molar-refractivity contribution in [2.24, 2.45) is 5.41 Å². The first-order chi connectivity index (χ1) is 8.19. The zero-order valence-corrected chi connectivity index (χ0v) is 10.3. The van der Waals surface area contributed by atoms with Gasteiger partial charge in [0.05, 0.1) is 0 Å². The Kier molecular flexibility index (Phi) is 2.42. The van der Waals surface area contributed by atoms with Gasteiger partial charge in [-0.2, -0.15) is 0 Å². The molecule has 3 heteroatoms. The monoisotopic (exact) mass is 230 g/mol. The van der Waals surface area contributed by atoms with Crippen LogP contribution in [0.25, 0.3) is 0 Å². The van der Waals surface area contributed by atoms with Crippen LogP contribution in [-0.4, -0.2) is 23.9 Å². The van der Waals surface area contributed by atoms with Crippen molar-refractivity contribution in [3.8, 4) is 0 Å². The summed E-state index contributed by atoms with van der Waals surface area (Å²) in [5.41, 5.74) is 1.30. The summed E-state index contributed by atoms with van der Waals surface area (Å²) < 4.78 is 0. The molecule has 17 heavy (non-hydrogen) atoms. The molecule has 0 N–H and O–H groups in total. The number of carbonyl (C=O) groups excluding carboxylic acids is 1. The number of rotatable bonds is 2. The highest BCUT2D eigenvalue weighted by Crippen LogP contribution is 2.48. The summed E-state index contributed by atoms with van der Waals surface area (Å²) in [5.74, 6) is 1.11. The van der Waals surface area contributed by atoms with Crippen LogP contribution < -0.4 is 4.90 Å². The Balaban J connectivity index is 1.74. The first-order valence-corrected chi connectivity index (χ1v) is 6.41. The Morgan fingerprint density at radius 2 is 2.18 bits per heavy atom. The third-order valence-corrected chi connectivity index (χ3v) is 4.33. The number of carbonyl (C=O) groups is 1. The first-order valence-electron chi connectivity index (χ1n) is 6.41. The van der Waals surface area contributed by atoms with E-state index in [1.807, 2.05) is 12.1 Å². The minimum Gasteiger partial charge on any atom is -0.356 e. The maximum Gasteiger partial charge on any atom is 0.161 e. The summed E-state index contributed by atoms with van der Waals surface area (Å²) in [5, 5.41) is 0. The van der Waals surface area contributed by atoms with Gasteiger partial charge in [-0.15, -0.1) is 0 Å². The van der Waals surface area contributed by atoms with E-state index < -0.39 is 0 Å². The van der Waals surface area contributed by atoms with E-state index >= 15 is 0 Å². The molecule has 0 unspecified atom stereocenters. The standard InChI is InChI=1S/C14H18N2O/c1-11(17)12-3-4-13(15-9-12)16-8-7-14(10-16)5-2-6-14/h3-4,9H,2,5-8,10H2,1H3. The molecule has 2 heterocycles. The summed E-state index contributed by atoms with van der Waals surface area (Å²) >= 11 is 0. The maximum absolute atomic E-state index is 11.2. The van der Waals surface area contributed by atoms with Crippen LogP contribution in [0, 0.1) is 5.41 Å². The molecule has 1 aromatic rings. The van der Waals surface area contributed by atoms with Gasteiger partial charge in [0, 0.05) is 24.8 Å². The molecule has 3 nitrogen and oxygen atoms in total. The molecular formula is C14H18N2O. The average Bonchev–Trinajstić information content (AvgIpc) is 2.74. The average molecular weight is 230 g/mol. The zero-order valence-electron chi connectivity index (χ0n) is 10.3. The van der Waals surface area contributed by atoms with E-state index in [2.05, 4.69) is 9.88 Å². The second-order valence-corrected chi connectivity index (χ2v) is 5.49. The maximum atomic E-state index is 11.2. The minimum absolute atomic E-state index is 0.0842. The van der Waals surface area contributed by atoms with E-state index in [9.17, 15) is 4.79 Å². The van der Waals surface area contributed by atoms with Gasteiger partial charge in [0.25, 0.3) is 0 Å². The molecule has 2 aliphatic rings. The largest absolute Gasteiger partial charge is 0.356 e. The number of Topliss-reactive ketones (excluding diaryl/α,β-unsaturated/α-hetero) is 1. The second-order valence-electron chi connectivity index (χ2n) is 5.49. The summed E-state index contributed by atoms with van der Waals surface area (Å²) in [4.78, 5) is 18.0. The minimum atomic E-state index is 0.0842. The summed E-state index contributed by atoms with van der Waals surface area (Å²) in [6, 6.07) is 3.87. The predicted molar refractivity (Wildman–Crippen MR) is 67.4 cm³/mol. The quantitative estimate of drug-likeness (QED) is 0.732. The van der Waals surface area contributed by atoms with Gasteiger partial charge in [-0.3, -0.25) is 4.79 Å². The van der Waals surface area contributed by atoms with E-state index in [1.165, 1.54) is 25.7 Å². The van der Waals surface area contributed by atoms with Crippen LogP contribution in [0.2, 0.25) is 0 Å². The molecule has 0 bridgehead atoms. The van der Waals surface area contributed by atoms with Gasteiger partial charge in [-0.1, -0.05) is 6.42 Å². The van der Waals surface area contributed by atoms with Crippen LogP contribution in [0.1, 0.15) is 43.0 Å². The molecule has 1 aromatic heterocycles. The lowest BCUT2D eigenvalue weighted by Crippen LogP contribution is -2.33. The smallest absolute Gasteiger partial charge is 0.161 e. The Labute approximate surface area is 102 Å². The number of pyridine rings is 1. The van der Waals surface area contributed by atoms with Crippen LogP contribution >= 0.6 is 0 Å². The molecule has 1 aliphatic heterocycles. The number of hydrogen-bond donors (Lipinski definition) is 0. The summed E-state index contributed by atoms with van der Waals surface area (Å²) in [7, 11) is 0. The van der Waals surface area contributed by atoms with Crippen LogP contribution in [-0.2, 0) is 0 Å². The molecule has 0 radical (unpaired) electrons. The van der Waals surface area contributed by atoms with E-state index in [0.29, 0.717) is 11.0 Å². The van der Waals surface area contributed by atoms with Crippen LogP contribution in [0.3, 0.4) is 0 Å². The predicted octanol–water partition coefficient (Wildman–Crippen LogP) is 2.66. The molecule has 0 amide bonds. The van der Waals surface area contributed by atoms with Crippen molar-refractivity contribution in [2.75, 3.05) is 18.0 Å². The number of hydrogen-bond acceptors (Lipinski definition) is 3. The van der Waals surface area contributed by atoms with E-state index in [1.54, 1.807) is 13.1 Å². The Morgan fingerprint density at radius 1 is 1.35 bits per heavy atom. The van der Waals surface area contributed by atoms with Crippen LogP contribution in [0.4, 0.5) is 5.82 Å². The molecule has 0 atom stereocenters. The van der Waals surface area contributed by atoms with Gasteiger partial charge in [0.15, 0.2) is 5.78 Å². The number of nitrogens with zero attached hydrogens (tertiary/aromatic N) is 2. The Morgan fingerprint density at radius 3 is 2.65 bits per heavy atom. The molecule has 1 aliphatic carbocycles. The van der Waals surface area contributed by atoms with Crippen molar-refractivity contribution >= 4 is 11.6 Å². The van der Waals surface area contributed by atoms with E-state index in [0.717, 1.165) is 18.9 Å². The van der Waals surface area contributed by atoms with E-state index in [-0.39, 0.29) is 5.78 Å². The molecule has 1 saturated carbocycles. The van der Waals surface area contributed by atoms with Gasteiger partial charge < -0.3 is 4.90 Å². The van der Waals surface area contributed by atoms with Crippen molar-refractivity contribution < 1.29 is 4.79 Å². The van der Waals surface area contributed by atoms with Gasteiger partial charge >= 0.3 is 0 Å². The highest BCUT2D eigenvalue weighted by Gasteiger charge is 2.42. The summed E-state index contributed by atoms with van der Waals surface area (Å²) in [6.07, 6.45) is 7.17. The SMILES string of the molecule is CC(=O)c1ccc(N2CCC3(CCC3)C2)nc1. The summed E-state index contributed by atoms with van der Waals surface area (Å²) in [6.45, 7) is 3.85. The van der Waals surface area contributed by atoms with Crippen molar-refractivity contribution in [2.45, 2.75) is 32.6 Å². The Hall–Kier alpha value is -1.38. The molecule has 1 spiro atoms. The lowest BCUT2D eigenvalue weighted by atomic mass is 9.68. The highest BCUT2D eigenvalue weighted by atomic mass is 16.1. The van der Waals surface area contributed by atoms with Gasteiger partial charge in [0.1, 0.15) is 5.82 Å². The topological polar surface area (TPSA) is 33.2 Å². The second kappa shape index (κ2) is 3.83. The van der Waals surface area contributed by atoms with Crippen molar-refractivity contribution in [3.05, 3.63) is 23.9 Å². The third kappa shape index (κ3) is 1.84. The molecule has 0 aromatic carbocycles. The molecule has 2 fully saturated rings. The van der Waals surface area contributed by atoms with Crippen molar-refractivity contribution in [3.63, 3.8) is 0 Å². The normalized spacial score (nSPS) is 21.6. The van der Waals surface area contributed by atoms with E-state index in [4.69, 9.17) is 0 Å². The molecule has 3 rings (SSSR count). The fourth-order valence-electron chi connectivity index (χ4n) is 3.00. The first kappa shape index (κ1) is 10.8. The molecule has 1 saturated heterocycles. The highest BCUT2D eigenvalue weighted by molar-refractivity contribution is 5.93. The molecular weight excluding hydrogens is 212 g/mol. The lowest BCUT2D eigenvalue weighted by molar-refractivity contribution is 0.101. The Bertz CT molecular complexity index is 434. The van der Waals surface area contributed by atoms with Crippen molar-refractivity contribution in [1.29, 1.82) is 0 Å². The van der Waals surface area contributed by atoms with Gasteiger partial charge in [0.2, 0.25) is 0 Å². The lowest BCUT2D eigenvalue weighted by Gasteiger charge is -2.38. The van der Waals surface area contributed by atoms with Gasteiger partial charge in [-0.25, -0.2) is 4.98 Å². The molecule has 90 valence electrons. The number of ketones is 1. The number of anilines is 1. The van der Waals surface area contributed by atoms with Crippen LogP contribution in [0.15, 0.2) is 18.3 Å². The third-order valence-electron chi connectivity index (χ3n) is 4.33. The fourth-order valence-corrected chi connectivity index (χ4v) is 3.00. The van der Waals surface area contributed by atoms with Gasteiger partial charge in [-0.05, 0) is 43.7 Å². The number of aromatic nitrogens is 1. The van der Waals surface area contributed by atoms with Crippen molar-refractivity contribution in [1.82, 2.24) is 4.98 Å². The zero-order chi connectivity index (χ0) is 11.9.